The van der Waals surface area contributed by atoms with E-state index in [1.807, 2.05) is 25.7 Å². The number of hydrogen-bond donors (Lipinski definition) is 1. The molecule has 2 amide bonds. The number of nitrogens with one attached hydrogen (secondary N) is 1. The second kappa shape index (κ2) is 9.87. The van der Waals surface area contributed by atoms with Crippen LogP contribution in [0.3, 0.4) is 0 Å². The average Bonchev–Trinajstić information content (AvgIpc) is 3.12. The van der Waals surface area contributed by atoms with Gasteiger partial charge in [-0.2, -0.15) is 0 Å². The minimum Gasteiger partial charge on any atom is -0.355 e. The van der Waals surface area contributed by atoms with Crippen molar-refractivity contribution in [2.45, 2.75) is 58.9 Å². The quantitative estimate of drug-likeness (QED) is 0.685. The number of carbonyl (C=O) groups is 2. The SMILES string of the molecule is CN(C)CCCNC(=O)C(C1CCCC1)N1CCN(C(=O)C(C)(C)C)CC1. The summed E-state index contributed by atoms with van der Waals surface area (Å²) in [6.07, 6.45) is 5.74. The molecule has 0 aromatic carbocycles. The Hall–Kier alpha value is -1.14. The molecule has 0 spiro atoms. The summed E-state index contributed by atoms with van der Waals surface area (Å²) in [6, 6.07) is -0.0289. The summed E-state index contributed by atoms with van der Waals surface area (Å²) >= 11 is 0. The molecule has 1 aliphatic carbocycles. The Morgan fingerprint density at radius 1 is 1.07 bits per heavy atom. The smallest absolute Gasteiger partial charge is 0.237 e. The van der Waals surface area contributed by atoms with Gasteiger partial charge in [0.2, 0.25) is 11.8 Å². The van der Waals surface area contributed by atoms with Crippen molar-refractivity contribution in [2.75, 3.05) is 53.4 Å². The normalized spacial score (nSPS) is 20.9. The molecule has 6 nitrogen and oxygen atoms in total. The van der Waals surface area contributed by atoms with Crippen LogP contribution in [0.15, 0.2) is 0 Å². The van der Waals surface area contributed by atoms with Crippen LogP contribution < -0.4 is 5.32 Å². The van der Waals surface area contributed by atoms with Gasteiger partial charge in [-0.25, -0.2) is 0 Å². The highest BCUT2D eigenvalue weighted by molar-refractivity contribution is 5.83. The first-order valence-corrected chi connectivity index (χ1v) is 10.7. The van der Waals surface area contributed by atoms with Crippen LogP contribution in [-0.2, 0) is 9.59 Å². The van der Waals surface area contributed by atoms with E-state index in [4.69, 9.17) is 0 Å². The molecule has 0 aromatic heterocycles. The summed E-state index contributed by atoms with van der Waals surface area (Å²) in [5.74, 6) is 0.868. The van der Waals surface area contributed by atoms with Crippen molar-refractivity contribution in [3.05, 3.63) is 0 Å². The molecular formula is C21H40N4O2. The summed E-state index contributed by atoms with van der Waals surface area (Å²) in [5, 5.41) is 3.18. The van der Waals surface area contributed by atoms with E-state index in [1.54, 1.807) is 0 Å². The van der Waals surface area contributed by atoms with Gasteiger partial charge in [-0.3, -0.25) is 14.5 Å². The molecule has 1 aliphatic heterocycles. The lowest BCUT2D eigenvalue weighted by Crippen LogP contribution is -2.59. The van der Waals surface area contributed by atoms with Gasteiger partial charge in [-0.15, -0.1) is 0 Å². The van der Waals surface area contributed by atoms with Crippen molar-refractivity contribution in [1.29, 1.82) is 0 Å². The van der Waals surface area contributed by atoms with Crippen molar-refractivity contribution in [3.8, 4) is 0 Å². The van der Waals surface area contributed by atoms with Gasteiger partial charge in [-0.05, 0) is 45.8 Å². The summed E-state index contributed by atoms with van der Waals surface area (Å²) in [7, 11) is 4.11. The van der Waals surface area contributed by atoms with Crippen LogP contribution >= 0.6 is 0 Å². The van der Waals surface area contributed by atoms with Gasteiger partial charge in [0.05, 0.1) is 6.04 Å². The van der Waals surface area contributed by atoms with Crippen molar-refractivity contribution >= 4 is 11.8 Å². The largest absolute Gasteiger partial charge is 0.355 e. The number of amides is 2. The van der Waals surface area contributed by atoms with E-state index in [0.29, 0.717) is 5.92 Å². The van der Waals surface area contributed by atoms with Gasteiger partial charge in [0.15, 0.2) is 0 Å². The second-order valence-corrected chi connectivity index (χ2v) is 9.52. The summed E-state index contributed by atoms with van der Waals surface area (Å²) < 4.78 is 0. The minimum atomic E-state index is -0.336. The number of nitrogens with zero attached hydrogens (tertiary/aromatic N) is 3. The molecule has 6 heteroatoms. The number of rotatable bonds is 7. The Kier molecular flexibility index (Phi) is 8.10. The van der Waals surface area contributed by atoms with E-state index >= 15 is 0 Å². The highest BCUT2D eigenvalue weighted by Gasteiger charge is 2.38. The van der Waals surface area contributed by atoms with Gasteiger partial charge in [-0.1, -0.05) is 33.6 Å². The fraction of sp³-hybridized carbons (Fsp3) is 0.905. The Morgan fingerprint density at radius 3 is 2.19 bits per heavy atom. The maximum atomic E-state index is 13.0. The van der Waals surface area contributed by atoms with Gasteiger partial charge in [0.25, 0.3) is 0 Å². The van der Waals surface area contributed by atoms with Crippen LogP contribution in [0.25, 0.3) is 0 Å². The minimum absolute atomic E-state index is 0.0289. The first-order chi connectivity index (χ1) is 12.7. The third-order valence-electron chi connectivity index (χ3n) is 5.83. The van der Waals surface area contributed by atoms with E-state index in [0.717, 1.165) is 58.5 Å². The van der Waals surface area contributed by atoms with E-state index in [9.17, 15) is 9.59 Å². The van der Waals surface area contributed by atoms with E-state index in [-0.39, 0.29) is 23.3 Å². The van der Waals surface area contributed by atoms with Crippen molar-refractivity contribution in [3.63, 3.8) is 0 Å². The van der Waals surface area contributed by atoms with Gasteiger partial charge in [0, 0.05) is 38.1 Å². The molecule has 27 heavy (non-hydrogen) atoms. The summed E-state index contributed by atoms with van der Waals surface area (Å²) in [4.78, 5) is 32.0. The Labute approximate surface area is 165 Å². The first kappa shape index (κ1) is 22.2. The molecule has 0 aromatic rings. The molecule has 1 saturated carbocycles. The van der Waals surface area contributed by atoms with Gasteiger partial charge < -0.3 is 15.1 Å². The zero-order chi connectivity index (χ0) is 20.0. The van der Waals surface area contributed by atoms with Crippen LogP contribution in [0.5, 0.6) is 0 Å². The molecule has 0 radical (unpaired) electrons. The first-order valence-electron chi connectivity index (χ1n) is 10.7. The zero-order valence-corrected chi connectivity index (χ0v) is 18.1. The Balaban J connectivity index is 1.93. The van der Waals surface area contributed by atoms with Crippen molar-refractivity contribution in [2.24, 2.45) is 11.3 Å². The standard InChI is InChI=1S/C21H40N4O2/c1-21(2,3)20(27)25-15-13-24(14-16-25)18(17-9-6-7-10-17)19(26)22-11-8-12-23(4)5/h17-18H,6-16H2,1-5H3,(H,22,26). The number of carbonyl (C=O) groups excluding carboxylic acids is 2. The van der Waals surface area contributed by atoms with Gasteiger partial charge in [0.1, 0.15) is 0 Å². The lowest BCUT2D eigenvalue weighted by molar-refractivity contribution is -0.142. The number of piperazine rings is 1. The van der Waals surface area contributed by atoms with Crippen LogP contribution in [0.1, 0.15) is 52.9 Å². The Morgan fingerprint density at radius 2 is 1.67 bits per heavy atom. The molecule has 2 aliphatic rings. The summed E-state index contributed by atoms with van der Waals surface area (Å²) in [5.41, 5.74) is -0.336. The fourth-order valence-corrected chi connectivity index (χ4v) is 4.34. The van der Waals surface area contributed by atoms with E-state index in [1.165, 1.54) is 12.8 Å². The third kappa shape index (κ3) is 6.46. The second-order valence-electron chi connectivity index (χ2n) is 9.52. The third-order valence-corrected chi connectivity index (χ3v) is 5.83. The van der Waals surface area contributed by atoms with Gasteiger partial charge >= 0.3 is 0 Å². The summed E-state index contributed by atoms with van der Waals surface area (Å²) in [6.45, 7) is 10.7. The lowest BCUT2D eigenvalue weighted by atomic mass is 9.93. The van der Waals surface area contributed by atoms with Crippen LogP contribution in [0.2, 0.25) is 0 Å². The maximum absolute atomic E-state index is 13.0. The predicted octanol–water partition coefficient (Wildman–Crippen LogP) is 1.80. The maximum Gasteiger partial charge on any atom is 0.237 e. The van der Waals surface area contributed by atoms with Crippen molar-refractivity contribution < 1.29 is 9.59 Å². The molecule has 1 atom stereocenters. The molecule has 0 bridgehead atoms. The predicted molar refractivity (Wildman–Crippen MR) is 110 cm³/mol. The van der Waals surface area contributed by atoms with Crippen LogP contribution in [0, 0.1) is 11.3 Å². The van der Waals surface area contributed by atoms with Crippen molar-refractivity contribution in [1.82, 2.24) is 20.0 Å². The monoisotopic (exact) mass is 380 g/mol. The lowest BCUT2D eigenvalue weighted by Gasteiger charge is -2.42. The van der Waals surface area contributed by atoms with E-state index < -0.39 is 0 Å². The molecule has 156 valence electrons. The van der Waals surface area contributed by atoms with Crippen LogP contribution in [-0.4, -0.2) is 85.9 Å². The highest BCUT2D eigenvalue weighted by Crippen LogP contribution is 2.31. The van der Waals surface area contributed by atoms with Crippen LogP contribution in [0.4, 0.5) is 0 Å². The zero-order valence-electron chi connectivity index (χ0n) is 18.1. The fourth-order valence-electron chi connectivity index (χ4n) is 4.34. The molecule has 1 unspecified atom stereocenters. The van der Waals surface area contributed by atoms with E-state index in [2.05, 4.69) is 29.2 Å². The Bertz CT molecular complexity index is 487. The molecule has 1 N–H and O–H groups in total. The number of hydrogen-bond acceptors (Lipinski definition) is 4. The molecule has 2 fully saturated rings. The topological polar surface area (TPSA) is 55.9 Å². The molecule has 1 heterocycles. The molecule has 2 rings (SSSR count). The molecule has 1 saturated heterocycles. The molecular weight excluding hydrogens is 340 g/mol. The average molecular weight is 381 g/mol. The highest BCUT2D eigenvalue weighted by atomic mass is 16.2.